The van der Waals surface area contributed by atoms with Gasteiger partial charge in [-0.1, -0.05) is 0 Å². The molecule has 0 amide bonds. The van der Waals surface area contributed by atoms with Crippen molar-refractivity contribution in [3.05, 3.63) is 0 Å². The van der Waals surface area contributed by atoms with Crippen molar-refractivity contribution < 1.29 is 93.4 Å². The number of hydrogen-bond donors (Lipinski definition) is 4. The highest BCUT2D eigenvalue weighted by molar-refractivity contribution is 7.87. The number of alkyl halides is 16. The predicted octanol–water partition coefficient (Wildman–Crippen LogP) is 2.77. The number of nitrogens with one attached hydrogen (secondary N) is 1. The van der Waals surface area contributed by atoms with Crippen LogP contribution in [0.25, 0.3) is 0 Å². The summed E-state index contributed by atoms with van der Waals surface area (Å²) in [5.74, 6) is -51.4. The van der Waals surface area contributed by atoms with Crippen LogP contribution in [0.3, 0.4) is 0 Å². The minimum atomic E-state index is -8.83. The fourth-order valence-electron chi connectivity index (χ4n) is 1.76. The monoisotopic (exact) mass is 557 g/mol. The van der Waals surface area contributed by atoms with Gasteiger partial charge in [0.2, 0.25) is 0 Å². The van der Waals surface area contributed by atoms with Crippen molar-refractivity contribution in [1.82, 2.24) is 5.32 Å². The molecular weight excluding hydrogens is 550 g/mol. The van der Waals surface area contributed by atoms with Crippen LogP contribution in [0, 0.1) is 0 Å². The Bertz CT molecular complexity index is 824. The Morgan fingerprint density at radius 1 is 0.576 bits per heavy atom. The topological polar surface area (TPSA) is 107 Å². The zero-order valence-electron chi connectivity index (χ0n) is 14.4. The van der Waals surface area contributed by atoms with E-state index >= 15 is 0 Å². The second-order valence-electron chi connectivity index (χ2n) is 5.88. The van der Waals surface area contributed by atoms with Gasteiger partial charge >= 0.3 is 57.0 Å². The lowest BCUT2D eigenvalue weighted by Gasteiger charge is -2.43. The van der Waals surface area contributed by atoms with Crippen LogP contribution in [0.1, 0.15) is 0 Å². The Kier molecular flexibility index (Phi) is 7.79. The van der Waals surface area contributed by atoms with E-state index in [9.17, 15) is 78.7 Å². The molecule has 0 saturated heterocycles. The molecule has 0 aliphatic carbocycles. The molecule has 23 heteroatoms. The second kappa shape index (κ2) is 8.12. The molecule has 0 aromatic carbocycles. The van der Waals surface area contributed by atoms with Crippen LogP contribution in [-0.2, 0) is 10.1 Å². The third-order valence-corrected chi connectivity index (χ3v) is 4.71. The highest BCUT2D eigenvalue weighted by Crippen LogP contribution is 2.63. The summed E-state index contributed by atoms with van der Waals surface area (Å²) in [6.45, 7) is -2.42. The Hall–Kier alpha value is -1.33. The Morgan fingerprint density at radius 2 is 0.848 bits per heavy atom. The van der Waals surface area contributed by atoms with Crippen LogP contribution in [0.5, 0.6) is 0 Å². The smallest absolute Gasteiger partial charge is 0.367 e. The molecule has 1 unspecified atom stereocenters. The van der Waals surface area contributed by atoms with Gasteiger partial charge in [-0.3, -0.25) is 9.87 Å². The fourth-order valence-corrected chi connectivity index (χ4v) is 2.47. The number of aliphatic hydroxyl groups excluding tert-OH is 1. The molecule has 0 fully saturated rings. The van der Waals surface area contributed by atoms with Gasteiger partial charge in [0.15, 0.2) is 6.29 Å². The van der Waals surface area contributed by atoms with Gasteiger partial charge in [0.05, 0.1) is 6.54 Å². The predicted molar refractivity (Wildman–Crippen MR) is 67.4 cm³/mol. The van der Waals surface area contributed by atoms with E-state index in [1.165, 1.54) is 0 Å². The molecule has 4 N–H and O–H groups in total. The first-order valence-corrected chi connectivity index (χ1v) is 8.46. The van der Waals surface area contributed by atoms with Gasteiger partial charge in [0.25, 0.3) is 0 Å². The SMILES string of the molecule is O=S(=O)(O)C(F)(NCC(O)O)C(F)(F)C(F)(F)C(F)(F)C(F)(F)C(F)(F)C(F)(F)C(F)(F)F. The van der Waals surface area contributed by atoms with Crippen molar-refractivity contribution in [3.63, 3.8) is 0 Å². The lowest BCUT2D eigenvalue weighted by molar-refractivity contribution is -0.456. The molecule has 1 atom stereocenters. The molecule has 0 aromatic rings. The largest absolute Gasteiger partial charge is 0.460 e. The molecule has 33 heavy (non-hydrogen) atoms. The molecule has 0 aliphatic heterocycles. The van der Waals surface area contributed by atoms with E-state index in [2.05, 4.69) is 0 Å². The molecule has 0 heterocycles. The van der Waals surface area contributed by atoms with Crippen LogP contribution in [0.2, 0.25) is 0 Å². The molecule has 6 nitrogen and oxygen atoms in total. The van der Waals surface area contributed by atoms with Crippen molar-refractivity contribution in [3.8, 4) is 0 Å². The molecule has 0 aromatic heterocycles. The van der Waals surface area contributed by atoms with E-state index in [1.54, 1.807) is 0 Å². The molecule has 0 rings (SSSR count). The summed E-state index contributed by atoms with van der Waals surface area (Å²) in [5.41, 5.74) is 0. The summed E-state index contributed by atoms with van der Waals surface area (Å²) in [5, 5.41) is 9.43. The van der Waals surface area contributed by atoms with Crippen molar-refractivity contribution in [1.29, 1.82) is 0 Å². The van der Waals surface area contributed by atoms with Crippen LogP contribution in [0.4, 0.5) is 70.2 Å². The van der Waals surface area contributed by atoms with Crippen LogP contribution < -0.4 is 5.32 Å². The number of halogens is 16. The Labute approximate surface area is 169 Å². The first-order chi connectivity index (χ1) is 13.9. The minimum Gasteiger partial charge on any atom is -0.367 e. The van der Waals surface area contributed by atoms with Gasteiger partial charge in [-0.15, -0.1) is 0 Å². The first-order valence-electron chi connectivity index (χ1n) is 7.02. The molecule has 0 spiro atoms. The fraction of sp³-hybridized carbons (Fsp3) is 1.00. The van der Waals surface area contributed by atoms with Crippen LogP contribution >= 0.6 is 0 Å². The molecule has 0 radical (unpaired) electrons. The van der Waals surface area contributed by atoms with Crippen molar-refractivity contribution in [2.24, 2.45) is 0 Å². The number of rotatable bonds is 10. The highest BCUT2D eigenvalue weighted by Gasteiger charge is 2.95. The van der Waals surface area contributed by atoms with E-state index in [0.717, 1.165) is 0 Å². The van der Waals surface area contributed by atoms with Crippen molar-refractivity contribution in [2.45, 2.75) is 53.1 Å². The minimum absolute atomic E-state index is 0.230. The maximum absolute atomic E-state index is 14.1. The zero-order valence-corrected chi connectivity index (χ0v) is 15.2. The summed E-state index contributed by atoms with van der Waals surface area (Å²) >= 11 is 0. The van der Waals surface area contributed by atoms with Crippen molar-refractivity contribution in [2.75, 3.05) is 6.54 Å². The quantitative estimate of drug-likeness (QED) is 0.143. The lowest BCUT2D eigenvalue weighted by atomic mass is 9.90. The summed E-state index contributed by atoms with van der Waals surface area (Å²) < 4.78 is 239. The standard InChI is InChI=1S/C10H7F16NO5S/c11-3(12,5(15,16)7(19,20)9(23,24)25)4(13,14)6(17,18)8(21,22)10(26,33(30,31)32)27-1-2(28)29/h2,27-29H,1H2,(H,30,31,32). The number of hydrogen-bond acceptors (Lipinski definition) is 5. The van der Waals surface area contributed by atoms with Crippen LogP contribution in [0.15, 0.2) is 0 Å². The summed E-state index contributed by atoms with van der Waals surface area (Å²) in [4.78, 5) is 0. The first kappa shape index (κ1) is 31.7. The average Bonchev–Trinajstić information content (AvgIpc) is 2.56. The average molecular weight is 557 g/mol. The molecule has 200 valence electrons. The van der Waals surface area contributed by atoms with E-state index in [1.807, 2.05) is 0 Å². The van der Waals surface area contributed by atoms with E-state index in [0.29, 0.717) is 0 Å². The maximum atomic E-state index is 14.1. The lowest BCUT2D eigenvalue weighted by Crippen LogP contribution is -2.77. The Balaban J connectivity index is 7.04. The normalized spacial score (nSPS) is 17.9. The third kappa shape index (κ3) is 4.29. The van der Waals surface area contributed by atoms with E-state index in [-0.39, 0.29) is 5.32 Å². The molecular formula is C10H7F16NO5S. The van der Waals surface area contributed by atoms with E-state index < -0.39 is 69.8 Å². The highest BCUT2D eigenvalue weighted by atomic mass is 32.2. The zero-order chi connectivity index (χ0) is 27.5. The molecule has 0 bridgehead atoms. The maximum Gasteiger partial charge on any atom is 0.460 e. The summed E-state index contributed by atoms with van der Waals surface area (Å²) in [7, 11) is -7.62. The van der Waals surface area contributed by atoms with Gasteiger partial charge in [-0.05, 0) is 0 Å². The van der Waals surface area contributed by atoms with E-state index in [4.69, 9.17) is 14.8 Å². The molecule has 0 saturated carbocycles. The van der Waals surface area contributed by atoms with Gasteiger partial charge in [0, 0.05) is 0 Å². The van der Waals surface area contributed by atoms with Crippen LogP contribution in [-0.4, -0.2) is 82.9 Å². The molecule has 0 aliphatic rings. The Morgan fingerprint density at radius 3 is 1.09 bits per heavy atom. The van der Waals surface area contributed by atoms with Gasteiger partial charge in [-0.25, -0.2) is 0 Å². The second-order valence-corrected chi connectivity index (χ2v) is 7.39. The van der Waals surface area contributed by atoms with Gasteiger partial charge in [0.1, 0.15) is 0 Å². The third-order valence-electron chi connectivity index (χ3n) is 3.60. The summed E-state index contributed by atoms with van der Waals surface area (Å²) in [6.07, 6.45) is -11.1. The van der Waals surface area contributed by atoms with Gasteiger partial charge in [-0.2, -0.15) is 78.7 Å². The van der Waals surface area contributed by atoms with Gasteiger partial charge < -0.3 is 10.2 Å². The summed E-state index contributed by atoms with van der Waals surface area (Å²) in [6, 6.07) is 0. The number of aliphatic hydroxyl groups is 2. The van der Waals surface area contributed by atoms with Crippen molar-refractivity contribution >= 4 is 10.1 Å².